The van der Waals surface area contributed by atoms with Crippen LogP contribution in [0.1, 0.15) is 33.6 Å². The topological polar surface area (TPSA) is 131 Å². The number of amides is 3. The van der Waals surface area contributed by atoms with Gasteiger partial charge in [-0.1, -0.05) is 13.8 Å². The lowest BCUT2D eigenvalue weighted by Gasteiger charge is -2.38. The Labute approximate surface area is 319 Å². The van der Waals surface area contributed by atoms with Crippen LogP contribution in [0.5, 0.6) is 5.75 Å². The molecule has 292 valence electrons. The van der Waals surface area contributed by atoms with Crippen molar-refractivity contribution in [3.05, 3.63) is 48.1 Å². The zero-order valence-electron chi connectivity index (χ0n) is 31.6. The van der Waals surface area contributed by atoms with Gasteiger partial charge in [0.05, 0.1) is 17.8 Å². The number of nitrogens with one attached hydrogen (secondary N) is 1. The third-order valence-corrected chi connectivity index (χ3v) is 10.5. The average Bonchev–Trinajstić information content (AvgIpc) is 3.53. The van der Waals surface area contributed by atoms with Crippen LogP contribution < -0.4 is 10.1 Å². The van der Waals surface area contributed by atoms with Crippen molar-refractivity contribution in [2.24, 2.45) is 16.0 Å². The Bertz CT molecular complexity index is 1760. The van der Waals surface area contributed by atoms with E-state index in [0.29, 0.717) is 25.6 Å². The van der Waals surface area contributed by atoms with Gasteiger partial charge in [-0.05, 0) is 50.0 Å². The number of anilines is 1. The second-order valence-electron chi connectivity index (χ2n) is 14.0. The van der Waals surface area contributed by atoms with Crippen LogP contribution in [0.4, 0.5) is 14.5 Å². The SMILES string of the molecule is C=NN1C=CC=N/C1=C(/C)C(=O)Nc1cn(CC(=O)N2CCC(CN3CCN(CC(=O)N(C)C)CC3)CC2)nc1-c1cc(SC(C)C)ccc1OC(F)F. The Kier molecular flexibility index (Phi) is 14.0. The molecule has 0 bridgehead atoms. The van der Waals surface area contributed by atoms with Gasteiger partial charge in [0.2, 0.25) is 11.8 Å². The summed E-state index contributed by atoms with van der Waals surface area (Å²) < 4.78 is 33.6. The number of halogens is 2. The molecule has 0 radical (unpaired) electrons. The molecule has 1 aromatic carbocycles. The maximum atomic E-state index is 13.6. The minimum Gasteiger partial charge on any atom is -0.434 e. The van der Waals surface area contributed by atoms with Gasteiger partial charge in [-0.15, -0.1) is 11.8 Å². The maximum Gasteiger partial charge on any atom is 0.387 e. The van der Waals surface area contributed by atoms with Crippen LogP contribution in [0.25, 0.3) is 11.3 Å². The fourth-order valence-electron chi connectivity index (χ4n) is 6.53. The van der Waals surface area contributed by atoms with Gasteiger partial charge in [-0.25, -0.2) is 10.0 Å². The van der Waals surface area contributed by atoms with Gasteiger partial charge >= 0.3 is 6.61 Å². The average molecular weight is 769 g/mol. The summed E-state index contributed by atoms with van der Waals surface area (Å²) >= 11 is 1.53. The molecule has 0 spiro atoms. The first-order valence-electron chi connectivity index (χ1n) is 18.1. The summed E-state index contributed by atoms with van der Waals surface area (Å²) in [6.45, 7) is 12.1. The highest BCUT2D eigenvalue weighted by molar-refractivity contribution is 7.99. The first kappa shape index (κ1) is 40.6. The van der Waals surface area contributed by atoms with Crippen molar-refractivity contribution in [1.82, 2.24) is 34.4 Å². The normalized spacial score (nSPS) is 18.0. The number of carbonyl (C=O) groups is 3. The third kappa shape index (κ3) is 10.8. The molecule has 5 rings (SSSR count). The summed E-state index contributed by atoms with van der Waals surface area (Å²) in [5.74, 6) is 0.0414. The lowest BCUT2D eigenvalue weighted by molar-refractivity contribution is -0.133. The zero-order chi connectivity index (χ0) is 38.9. The number of alkyl halides is 2. The summed E-state index contributed by atoms with van der Waals surface area (Å²) in [7, 11) is 3.55. The molecule has 17 heteroatoms. The van der Waals surface area contributed by atoms with Crippen molar-refractivity contribution in [1.29, 1.82) is 0 Å². The first-order chi connectivity index (χ1) is 25.8. The van der Waals surface area contributed by atoms with Crippen molar-refractivity contribution >= 4 is 48.1 Å². The van der Waals surface area contributed by atoms with Crippen LogP contribution >= 0.6 is 11.8 Å². The predicted octanol–water partition coefficient (Wildman–Crippen LogP) is 4.28. The standard InChI is InChI=1S/C37H50F2N10O4S/c1-25(2)54-28-8-9-31(53-37(38)39)29(20-28)34-30(42-36(52)26(3)35-41-12-7-13-49(35)40-4)22-48(43-34)24-33(51)47-14-10-27(11-15-47)21-45-16-18-46(19-17-45)23-32(50)44(5)6/h7-9,12-13,20,22,25,27,37H,4,10-11,14-19,21,23-24H2,1-3,5-6H3,(H,42,52)/b35-26+. The number of aliphatic imine (C=N–C) groups is 1. The Balaban J connectivity index is 1.30. The third-order valence-electron chi connectivity index (χ3n) is 9.46. The highest BCUT2D eigenvalue weighted by atomic mass is 32.2. The molecule has 0 unspecified atom stereocenters. The van der Waals surface area contributed by atoms with E-state index in [4.69, 9.17) is 4.74 Å². The number of hydrogen-bond acceptors (Lipinski definition) is 11. The van der Waals surface area contributed by atoms with E-state index in [9.17, 15) is 23.2 Å². The van der Waals surface area contributed by atoms with E-state index in [2.05, 4.69) is 37.0 Å². The van der Waals surface area contributed by atoms with Crippen molar-refractivity contribution < 1.29 is 27.9 Å². The van der Waals surface area contributed by atoms with E-state index in [-0.39, 0.29) is 57.7 Å². The van der Waals surface area contributed by atoms with Crippen molar-refractivity contribution in [2.75, 3.05) is 71.8 Å². The monoisotopic (exact) mass is 768 g/mol. The minimum absolute atomic E-state index is 0.113. The molecule has 14 nitrogen and oxygen atoms in total. The summed E-state index contributed by atoms with van der Waals surface area (Å²) in [4.78, 5) is 52.5. The highest BCUT2D eigenvalue weighted by Crippen LogP contribution is 2.39. The smallest absolute Gasteiger partial charge is 0.387 e. The van der Waals surface area contributed by atoms with Gasteiger partial charge in [-0.3, -0.25) is 24.0 Å². The molecule has 1 aromatic heterocycles. The first-order valence-corrected chi connectivity index (χ1v) is 18.9. The number of thioether (sulfide) groups is 1. The Morgan fingerprint density at radius 2 is 1.78 bits per heavy atom. The molecule has 0 saturated carbocycles. The summed E-state index contributed by atoms with van der Waals surface area (Å²) in [5.41, 5.74) is 0.838. The van der Waals surface area contributed by atoms with E-state index >= 15 is 0 Å². The number of nitrogens with zero attached hydrogens (tertiary/aromatic N) is 9. The van der Waals surface area contributed by atoms with Gasteiger partial charge in [-0.2, -0.15) is 19.0 Å². The lowest BCUT2D eigenvalue weighted by Crippen LogP contribution is -2.51. The van der Waals surface area contributed by atoms with Crippen molar-refractivity contribution in [3.63, 3.8) is 0 Å². The van der Waals surface area contributed by atoms with Gasteiger partial charge in [0.1, 0.15) is 18.0 Å². The van der Waals surface area contributed by atoms with Crippen LogP contribution in [-0.4, -0.2) is 143 Å². The molecule has 0 aliphatic carbocycles. The number of benzene rings is 1. The molecule has 3 aliphatic heterocycles. The van der Waals surface area contributed by atoms with Crippen LogP contribution in [0.15, 0.2) is 63.1 Å². The summed E-state index contributed by atoms with van der Waals surface area (Å²) in [6.07, 6.45) is 8.05. The number of likely N-dealkylation sites (N-methyl/N-ethyl adjacent to an activating group) is 1. The number of rotatable bonds is 14. The van der Waals surface area contributed by atoms with Crippen molar-refractivity contribution in [2.45, 2.75) is 56.9 Å². The number of likely N-dealkylation sites (tertiary alicyclic amines) is 1. The number of hydrogen-bond donors (Lipinski definition) is 1. The quantitative estimate of drug-likeness (QED) is 0.170. The minimum atomic E-state index is -3.10. The van der Waals surface area contributed by atoms with Gasteiger partial charge < -0.3 is 24.8 Å². The van der Waals surface area contributed by atoms with Crippen LogP contribution in [0.3, 0.4) is 0 Å². The van der Waals surface area contributed by atoms with Crippen LogP contribution in [-0.2, 0) is 20.9 Å². The molecule has 3 amide bonds. The van der Waals surface area contributed by atoms with E-state index in [1.807, 2.05) is 18.7 Å². The summed E-state index contributed by atoms with van der Waals surface area (Å²) in [5, 5.41) is 13.0. The van der Waals surface area contributed by atoms with Gasteiger partial charge in [0.15, 0.2) is 5.82 Å². The van der Waals surface area contributed by atoms with Gasteiger partial charge in [0, 0.05) is 101 Å². The van der Waals surface area contributed by atoms with E-state index in [0.717, 1.165) is 50.5 Å². The molecular weight excluding hydrogens is 719 g/mol. The molecule has 54 heavy (non-hydrogen) atoms. The largest absolute Gasteiger partial charge is 0.434 e. The van der Waals surface area contributed by atoms with Crippen molar-refractivity contribution in [3.8, 4) is 17.0 Å². The second kappa shape index (κ2) is 18.6. The van der Waals surface area contributed by atoms with Crippen LogP contribution in [0, 0.1) is 5.92 Å². The summed E-state index contributed by atoms with van der Waals surface area (Å²) in [6, 6.07) is 4.86. The zero-order valence-corrected chi connectivity index (χ0v) is 32.4. The molecule has 3 aliphatic rings. The number of ether oxygens (including phenoxy) is 1. The fourth-order valence-corrected chi connectivity index (χ4v) is 7.40. The Hall–Kier alpha value is -4.61. The number of piperazine rings is 1. The Morgan fingerprint density at radius 1 is 1.07 bits per heavy atom. The highest BCUT2D eigenvalue weighted by Gasteiger charge is 2.28. The number of hydrazone groups is 1. The number of piperidine rings is 1. The van der Waals surface area contributed by atoms with E-state index in [1.54, 1.807) is 50.3 Å². The molecule has 2 aromatic rings. The second-order valence-corrected chi connectivity index (χ2v) is 15.6. The Morgan fingerprint density at radius 3 is 2.43 bits per heavy atom. The molecule has 0 atom stereocenters. The molecule has 2 saturated heterocycles. The molecule has 2 fully saturated rings. The van der Waals surface area contributed by atoms with Crippen LogP contribution in [0.2, 0.25) is 0 Å². The van der Waals surface area contributed by atoms with Gasteiger partial charge in [0.25, 0.3) is 5.91 Å². The molecule has 4 heterocycles. The number of carbonyl (C=O) groups excluding carboxylic acids is 3. The maximum absolute atomic E-state index is 13.6. The van der Waals surface area contributed by atoms with E-state index < -0.39 is 12.5 Å². The lowest BCUT2D eigenvalue weighted by atomic mass is 9.96. The molecular formula is C37H50F2N10O4S. The van der Waals surface area contributed by atoms with E-state index in [1.165, 1.54) is 39.9 Å². The number of allylic oxidation sites excluding steroid dienone is 1. The number of aromatic nitrogens is 2. The fraction of sp³-hybridized carbons (Fsp3) is 0.514. The molecule has 1 N–H and O–H groups in total. The predicted molar refractivity (Wildman–Crippen MR) is 207 cm³/mol.